The van der Waals surface area contributed by atoms with Gasteiger partial charge in [-0.1, -0.05) is 37.1 Å². The van der Waals surface area contributed by atoms with Gasteiger partial charge in [0.05, 0.1) is 0 Å². The van der Waals surface area contributed by atoms with Crippen molar-refractivity contribution < 1.29 is 0 Å². The zero-order valence-electron chi connectivity index (χ0n) is 12.1. The molecule has 2 rings (SSSR count). The number of aromatic nitrogens is 1. The number of hydrogen-bond donors (Lipinski definition) is 0. The first-order valence-electron chi connectivity index (χ1n) is 7.46. The lowest BCUT2D eigenvalue weighted by atomic mass is 10.0. The average molecular weight is 288 g/mol. The molecule has 106 valence electrons. The molecule has 1 aromatic heterocycles. The minimum atomic E-state index is 0.818. The van der Waals surface area contributed by atoms with Crippen LogP contribution >= 0.6 is 11.6 Å². The van der Waals surface area contributed by atoms with Crippen molar-refractivity contribution >= 4 is 11.6 Å². The van der Waals surface area contributed by atoms with Crippen LogP contribution in [0.1, 0.15) is 42.9 Å². The maximum atomic E-state index is 5.89. The quantitative estimate of drug-likeness (QED) is 0.634. The average Bonchev–Trinajstić information content (AvgIpc) is 2.49. The molecule has 20 heavy (non-hydrogen) atoms. The van der Waals surface area contributed by atoms with E-state index in [1.807, 2.05) is 24.5 Å². The summed E-state index contributed by atoms with van der Waals surface area (Å²) in [4.78, 5) is 4.20. The summed E-state index contributed by atoms with van der Waals surface area (Å²) in [5.74, 6) is 0. The summed E-state index contributed by atoms with van der Waals surface area (Å²) in [6, 6.07) is 10.4. The highest BCUT2D eigenvalue weighted by atomic mass is 35.5. The van der Waals surface area contributed by atoms with Crippen molar-refractivity contribution in [3.63, 3.8) is 0 Å². The first-order valence-corrected chi connectivity index (χ1v) is 7.83. The van der Waals surface area contributed by atoms with E-state index >= 15 is 0 Å². The van der Waals surface area contributed by atoms with Crippen molar-refractivity contribution in [3.05, 3.63) is 64.4 Å². The Morgan fingerprint density at radius 1 is 0.900 bits per heavy atom. The van der Waals surface area contributed by atoms with Crippen LogP contribution in [0.25, 0.3) is 0 Å². The standard InChI is InChI=1S/C18H22ClN/c1-2-16-14-20-13-12-17(16)7-5-3-4-6-15-8-10-18(19)11-9-15/h8-14H,2-7H2,1H3. The van der Waals surface area contributed by atoms with Gasteiger partial charge in [-0.2, -0.15) is 0 Å². The van der Waals surface area contributed by atoms with Crippen LogP contribution in [0.5, 0.6) is 0 Å². The van der Waals surface area contributed by atoms with Crippen molar-refractivity contribution in [2.24, 2.45) is 0 Å². The van der Waals surface area contributed by atoms with Gasteiger partial charge in [0.25, 0.3) is 0 Å². The molecule has 0 atom stereocenters. The zero-order valence-corrected chi connectivity index (χ0v) is 12.9. The van der Waals surface area contributed by atoms with E-state index in [1.54, 1.807) is 0 Å². The maximum Gasteiger partial charge on any atom is 0.0406 e. The van der Waals surface area contributed by atoms with E-state index in [0.717, 1.165) is 17.9 Å². The monoisotopic (exact) mass is 287 g/mol. The van der Waals surface area contributed by atoms with Crippen molar-refractivity contribution in [3.8, 4) is 0 Å². The molecule has 2 aromatic rings. The fourth-order valence-corrected chi connectivity index (χ4v) is 2.62. The highest BCUT2D eigenvalue weighted by molar-refractivity contribution is 6.30. The minimum Gasteiger partial charge on any atom is -0.264 e. The third-order valence-electron chi connectivity index (χ3n) is 3.71. The fourth-order valence-electron chi connectivity index (χ4n) is 2.49. The molecule has 0 fully saturated rings. The van der Waals surface area contributed by atoms with Gasteiger partial charge in [-0.05, 0) is 67.0 Å². The molecule has 0 spiro atoms. The Morgan fingerprint density at radius 2 is 1.65 bits per heavy atom. The van der Waals surface area contributed by atoms with Crippen molar-refractivity contribution in [1.29, 1.82) is 0 Å². The summed E-state index contributed by atoms with van der Waals surface area (Å²) in [7, 11) is 0. The Morgan fingerprint density at radius 3 is 2.40 bits per heavy atom. The summed E-state index contributed by atoms with van der Waals surface area (Å²) < 4.78 is 0. The van der Waals surface area contributed by atoms with E-state index in [1.165, 1.54) is 42.4 Å². The highest BCUT2D eigenvalue weighted by Gasteiger charge is 2.00. The van der Waals surface area contributed by atoms with Crippen LogP contribution in [-0.2, 0) is 19.3 Å². The van der Waals surface area contributed by atoms with Crippen molar-refractivity contribution in [2.75, 3.05) is 0 Å². The molecular formula is C18H22ClN. The van der Waals surface area contributed by atoms with E-state index in [4.69, 9.17) is 11.6 Å². The Balaban J connectivity index is 1.70. The molecule has 2 heteroatoms. The van der Waals surface area contributed by atoms with Gasteiger partial charge < -0.3 is 0 Å². The highest BCUT2D eigenvalue weighted by Crippen LogP contribution is 2.15. The second-order valence-electron chi connectivity index (χ2n) is 5.19. The van der Waals surface area contributed by atoms with Crippen LogP contribution in [-0.4, -0.2) is 4.98 Å². The number of benzene rings is 1. The molecular weight excluding hydrogens is 266 g/mol. The Hall–Kier alpha value is -1.34. The Bertz CT molecular complexity index is 519. The first-order chi connectivity index (χ1) is 9.79. The number of halogens is 1. The van der Waals surface area contributed by atoms with Gasteiger partial charge in [-0.3, -0.25) is 4.98 Å². The van der Waals surface area contributed by atoms with E-state index in [2.05, 4.69) is 30.1 Å². The molecule has 0 N–H and O–H groups in total. The minimum absolute atomic E-state index is 0.818. The predicted molar refractivity (Wildman–Crippen MR) is 86.3 cm³/mol. The van der Waals surface area contributed by atoms with Crippen LogP contribution in [0, 0.1) is 0 Å². The molecule has 0 aliphatic heterocycles. The lowest BCUT2D eigenvalue weighted by Crippen LogP contribution is -1.94. The number of hydrogen-bond acceptors (Lipinski definition) is 1. The van der Waals surface area contributed by atoms with Gasteiger partial charge in [-0.15, -0.1) is 0 Å². The third kappa shape index (κ3) is 4.64. The van der Waals surface area contributed by atoms with Gasteiger partial charge in [0.2, 0.25) is 0 Å². The van der Waals surface area contributed by atoms with Crippen LogP contribution in [0.4, 0.5) is 0 Å². The van der Waals surface area contributed by atoms with E-state index in [9.17, 15) is 0 Å². The summed E-state index contributed by atoms with van der Waals surface area (Å²) in [6.07, 6.45) is 11.1. The van der Waals surface area contributed by atoms with E-state index in [0.29, 0.717) is 0 Å². The van der Waals surface area contributed by atoms with E-state index in [-0.39, 0.29) is 0 Å². The number of pyridine rings is 1. The molecule has 1 aromatic carbocycles. The molecule has 0 unspecified atom stereocenters. The first kappa shape index (κ1) is 15.1. The molecule has 0 bridgehead atoms. The normalized spacial score (nSPS) is 10.7. The van der Waals surface area contributed by atoms with E-state index < -0.39 is 0 Å². The van der Waals surface area contributed by atoms with Crippen LogP contribution in [0.15, 0.2) is 42.7 Å². The molecule has 1 heterocycles. The summed E-state index contributed by atoms with van der Waals surface area (Å²) in [6.45, 7) is 2.20. The number of unbranched alkanes of at least 4 members (excludes halogenated alkanes) is 2. The van der Waals surface area contributed by atoms with Crippen LogP contribution in [0.2, 0.25) is 5.02 Å². The smallest absolute Gasteiger partial charge is 0.0406 e. The van der Waals surface area contributed by atoms with Crippen molar-refractivity contribution in [2.45, 2.75) is 45.4 Å². The van der Waals surface area contributed by atoms with Crippen molar-refractivity contribution in [1.82, 2.24) is 4.98 Å². The van der Waals surface area contributed by atoms with Gasteiger partial charge in [0.15, 0.2) is 0 Å². The third-order valence-corrected chi connectivity index (χ3v) is 3.96. The maximum absolute atomic E-state index is 5.89. The predicted octanol–water partition coefficient (Wildman–Crippen LogP) is 5.25. The summed E-state index contributed by atoms with van der Waals surface area (Å²) in [5.41, 5.74) is 4.24. The number of aryl methyl sites for hydroxylation is 3. The molecule has 0 radical (unpaired) electrons. The van der Waals surface area contributed by atoms with Gasteiger partial charge in [0, 0.05) is 17.4 Å². The molecule has 0 aliphatic rings. The van der Waals surface area contributed by atoms with Gasteiger partial charge in [0.1, 0.15) is 0 Å². The second kappa shape index (κ2) is 8.06. The Labute approximate surface area is 127 Å². The van der Waals surface area contributed by atoms with Crippen LogP contribution in [0.3, 0.4) is 0 Å². The lowest BCUT2D eigenvalue weighted by molar-refractivity contribution is 0.675. The second-order valence-corrected chi connectivity index (χ2v) is 5.62. The molecule has 0 aliphatic carbocycles. The molecule has 1 nitrogen and oxygen atoms in total. The SMILES string of the molecule is CCc1cnccc1CCCCCc1ccc(Cl)cc1. The number of nitrogens with zero attached hydrogens (tertiary/aromatic N) is 1. The molecule has 0 amide bonds. The number of rotatable bonds is 7. The van der Waals surface area contributed by atoms with Gasteiger partial charge in [-0.25, -0.2) is 0 Å². The zero-order chi connectivity index (χ0) is 14.2. The molecule has 0 saturated carbocycles. The van der Waals surface area contributed by atoms with Gasteiger partial charge >= 0.3 is 0 Å². The summed E-state index contributed by atoms with van der Waals surface area (Å²) >= 11 is 5.89. The summed E-state index contributed by atoms with van der Waals surface area (Å²) in [5, 5.41) is 0.818. The van der Waals surface area contributed by atoms with Crippen LogP contribution < -0.4 is 0 Å². The largest absolute Gasteiger partial charge is 0.264 e. The topological polar surface area (TPSA) is 12.9 Å². The molecule has 0 saturated heterocycles. The Kier molecular flexibility index (Phi) is 6.07. The lowest BCUT2D eigenvalue weighted by Gasteiger charge is -2.07. The fraction of sp³-hybridized carbons (Fsp3) is 0.389.